The van der Waals surface area contributed by atoms with Crippen molar-refractivity contribution >= 4 is 0 Å². The molecule has 0 radical (unpaired) electrons. The smallest absolute Gasteiger partial charge is 0.144 e. The zero-order chi connectivity index (χ0) is 7.40. The predicted molar refractivity (Wildman–Crippen MR) is 36.8 cm³/mol. The normalized spacial score (nSPS) is 8.80. The zero-order valence-corrected chi connectivity index (χ0v) is 5.41. The van der Waals surface area contributed by atoms with E-state index in [1.807, 2.05) is 6.07 Å². The lowest BCUT2D eigenvalue weighted by Crippen LogP contribution is -2.00. The van der Waals surface area contributed by atoms with E-state index < -0.39 is 0 Å². The van der Waals surface area contributed by atoms with E-state index in [-0.39, 0.29) is 0 Å². The minimum atomic E-state index is 0.372. The fourth-order valence-corrected chi connectivity index (χ4v) is 0.704. The number of aromatic nitrogens is 1. The molecule has 0 aromatic carbocycles. The van der Waals surface area contributed by atoms with Gasteiger partial charge >= 0.3 is 0 Å². The second-order valence-electron chi connectivity index (χ2n) is 1.83. The third-order valence-corrected chi connectivity index (χ3v) is 1.22. The van der Waals surface area contributed by atoms with Gasteiger partial charge in [0.25, 0.3) is 0 Å². The van der Waals surface area contributed by atoms with Crippen LogP contribution in [0, 0.1) is 11.3 Å². The SMILES string of the molecule is N#Cc1ncccc1CN. The molecule has 2 N–H and O–H groups in total. The van der Waals surface area contributed by atoms with Gasteiger partial charge in [-0.3, -0.25) is 0 Å². The van der Waals surface area contributed by atoms with Crippen LogP contribution in [0.5, 0.6) is 0 Å². The van der Waals surface area contributed by atoms with E-state index in [4.69, 9.17) is 11.0 Å². The summed E-state index contributed by atoms with van der Waals surface area (Å²) in [5.74, 6) is 0. The monoisotopic (exact) mass is 133 g/mol. The molecule has 0 aliphatic rings. The Morgan fingerprint density at radius 3 is 3.00 bits per heavy atom. The highest BCUT2D eigenvalue weighted by molar-refractivity contribution is 5.29. The van der Waals surface area contributed by atoms with Gasteiger partial charge in [0, 0.05) is 18.3 Å². The molecule has 3 nitrogen and oxygen atoms in total. The minimum Gasteiger partial charge on any atom is -0.326 e. The molecule has 0 aliphatic carbocycles. The Balaban J connectivity index is 3.12. The van der Waals surface area contributed by atoms with Crippen LogP contribution in [0.25, 0.3) is 0 Å². The fourth-order valence-electron chi connectivity index (χ4n) is 0.704. The number of nitrogens with zero attached hydrogens (tertiary/aromatic N) is 2. The van der Waals surface area contributed by atoms with Crippen molar-refractivity contribution in [2.75, 3.05) is 0 Å². The van der Waals surface area contributed by atoms with Crippen LogP contribution < -0.4 is 5.73 Å². The number of pyridine rings is 1. The standard InChI is InChI=1S/C7H7N3/c8-4-6-2-1-3-10-7(6)5-9/h1-3H,4,8H2. The van der Waals surface area contributed by atoms with E-state index in [1.54, 1.807) is 18.3 Å². The number of hydrogen-bond donors (Lipinski definition) is 1. The molecule has 1 aromatic heterocycles. The molecule has 0 amide bonds. The summed E-state index contributed by atoms with van der Waals surface area (Å²) in [6, 6.07) is 5.52. The quantitative estimate of drug-likeness (QED) is 0.603. The summed E-state index contributed by atoms with van der Waals surface area (Å²) >= 11 is 0. The van der Waals surface area contributed by atoms with Crippen LogP contribution in [-0.2, 0) is 6.54 Å². The molecule has 0 saturated carbocycles. The van der Waals surface area contributed by atoms with Crippen LogP contribution in [0.4, 0.5) is 0 Å². The van der Waals surface area contributed by atoms with Gasteiger partial charge in [0.15, 0.2) is 0 Å². The molecule has 0 unspecified atom stereocenters. The second-order valence-corrected chi connectivity index (χ2v) is 1.83. The zero-order valence-electron chi connectivity index (χ0n) is 5.41. The Morgan fingerprint density at radius 1 is 1.70 bits per heavy atom. The maximum atomic E-state index is 8.48. The van der Waals surface area contributed by atoms with E-state index in [9.17, 15) is 0 Å². The van der Waals surface area contributed by atoms with Crippen LogP contribution in [0.1, 0.15) is 11.3 Å². The largest absolute Gasteiger partial charge is 0.326 e. The summed E-state index contributed by atoms with van der Waals surface area (Å²) in [6.07, 6.45) is 1.58. The molecular formula is C7H7N3. The molecular weight excluding hydrogens is 126 g/mol. The van der Waals surface area contributed by atoms with Crippen molar-refractivity contribution in [3.05, 3.63) is 29.6 Å². The van der Waals surface area contributed by atoms with Crippen LogP contribution in [0.15, 0.2) is 18.3 Å². The van der Waals surface area contributed by atoms with E-state index >= 15 is 0 Å². The maximum Gasteiger partial charge on any atom is 0.144 e. The molecule has 3 heteroatoms. The third kappa shape index (κ3) is 1.12. The van der Waals surface area contributed by atoms with Gasteiger partial charge in [-0.2, -0.15) is 5.26 Å². The van der Waals surface area contributed by atoms with Crippen molar-refractivity contribution in [3.8, 4) is 6.07 Å². The molecule has 1 rings (SSSR count). The first-order valence-electron chi connectivity index (χ1n) is 2.92. The summed E-state index contributed by atoms with van der Waals surface area (Å²) in [7, 11) is 0. The molecule has 0 fully saturated rings. The fraction of sp³-hybridized carbons (Fsp3) is 0.143. The van der Waals surface area contributed by atoms with Gasteiger partial charge in [-0.1, -0.05) is 6.07 Å². The van der Waals surface area contributed by atoms with Crippen LogP contribution >= 0.6 is 0 Å². The highest BCUT2D eigenvalue weighted by Gasteiger charge is 1.96. The number of nitrogens with two attached hydrogens (primary N) is 1. The van der Waals surface area contributed by atoms with Crippen molar-refractivity contribution < 1.29 is 0 Å². The Hall–Kier alpha value is -1.40. The Morgan fingerprint density at radius 2 is 2.50 bits per heavy atom. The van der Waals surface area contributed by atoms with Gasteiger partial charge in [-0.25, -0.2) is 4.98 Å². The molecule has 50 valence electrons. The van der Waals surface area contributed by atoms with Crippen LogP contribution in [0.3, 0.4) is 0 Å². The van der Waals surface area contributed by atoms with Crippen molar-refractivity contribution in [3.63, 3.8) is 0 Å². The number of rotatable bonds is 1. The van der Waals surface area contributed by atoms with Crippen molar-refractivity contribution in [2.45, 2.75) is 6.54 Å². The third-order valence-electron chi connectivity index (χ3n) is 1.22. The summed E-state index contributed by atoms with van der Waals surface area (Å²) < 4.78 is 0. The Bertz CT molecular complexity index is 262. The molecule has 0 saturated heterocycles. The lowest BCUT2D eigenvalue weighted by atomic mass is 10.2. The predicted octanol–water partition coefficient (Wildman–Crippen LogP) is 0.412. The van der Waals surface area contributed by atoms with Gasteiger partial charge in [0.1, 0.15) is 11.8 Å². The molecule has 0 spiro atoms. The van der Waals surface area contributed by atoms with Gasteiger partial charge in [0.2, 0.25) is 0 Å². The van der Waals surface area contributed by atoms with E-state index in [2.05, 4.69) is 4.98 Å². The first-order valence-corrected chi connectivity index (χ1v) is 2.92. The van der Waals surface area contributed by atoms with Gasteiger partial charge in [-0.05, 0) is 6.07 Å². The van der Waals surface area contributed by atoms with Crippen molar-refractivity contribution in [1.82, 2.24) is 4.98 Å². The molecule has 1 aromatic rings. The highest BCUT2D eigenvalue weighted by Crippen LogP contribution is 2.00. The van der Waals surface area contributed by atoms with Gasteiger partial charge < -0.3 is 5.73 Å². The minimum absolute atomic E-state index is 0.372. The van der Waals surface area contributed by atoms with Crippen molar-refractivity contribution in [1.29, 1.82) is 5.26 Å². The van der Waals surface area contributed by atoms with E-state index in [1.165, 1.54) is 0 Å². The molecule has 1 heterocycles. The topological polar surface area (TPSA) is 62.7 Å². The molecule has 0 atom stereocenters. The first-order chi connectivity index (χ1) is 4.88. The molecule has 0 aliphatic heterocycles. The highest BCUT2D eigenvalue weighted by atomic mass is 14.7. The first kappa shape index (κ1) is 6.72. The summed E-state index contributed by atoms with van der Waals surface area (Å²) in [5.41, 5.74) is 6.55. The average Bonchev–Trinajstić information content (AvgIpc) is 2.04. The Kier molecular flexibility index (Phi) is 1.98. The number of hydrogen-bond acceptors (Lipinski definition) is 3. The lowest BCUT2D eigenvalue weighted by molar-refractivity contribution is 1.03. The summed E-state index contributed by atoms with van der Waals surface area (Å²) in [5, 5.41) is 8.48. The van der Waals surface area contributed by atoms with Crippen molar-refractivity contribution in [2.24, 2.45) is 5.73 Å². The van der Waals surface area contributed by atoms with E-state index in [0.717, 1.165) is 5.56 Å². The molecule has 10 heavy (non-hydrogen) atoms. The number of nitriles is 1. The van der Waals surface area contributed by atoms with Crippen LogP contribution in [-0.4, -0.2) is 4.98 Å². The van der Waals surface area contributed by atoms with Crippen LogP contribution in [0.2, 0.25) is 0 Å². The summed E-state index contributed by atoms with van der Waals surface area (Å²) in [6.45, 7) is 0.372. The second kappa shape index (κ2) is 2.95. The van der Waals surface area contributed by atoms with Gasteiger partial charge in [0.05, 0.1) is 0 Å². The lowest BCUT2D eigenvalue weighted by Gasteiger charge is -1.95. The summed E-state index contributed by atoms with van der Waals surface area (Å²) in [4.78, 5) is 3.83. The van der Waals surface area contributed by atoms with E-state index in [0.29, 0.717) is 12.2 Å². The maximum absolute atomic E-state index is 8.48. The average molecular weight is 133 g/mol. The molecule has 0 bridgehead atoms. The van der Waals surface area contributed by atoms with Gasteiger partial charge in [-0.15, -0.1) is 0 Å². The Labute approximate surface area is 59.1 Å².